The highest BCUT2D eigenvalue weighted by Crippen LogP contribution is 2.50. The van der Waals surface area contributed by atoms with Crippen molar-refractivity contribution in [3.63, 3.8) is 0 Å². The molecule has 0 spiro atoms. The molecule has 110 valence electrons. The molecule has 1 aromatic carbocycles. The maximum atomic E-state index is 13.2. The van der Waals surface area contributed by atoms with Crippen LogP contribution in [0.1, 0.15) is 38.2 Å². The monoisotopic (exact) mass is 295 g/mol. The van der Waals surface area contributed by atoms with Crippen molar-refractivity contribution in [3.8, 4) is 0 Å². The second kappa shape index (κ2) is 6.03. The molecule has 2 aliphatic carbocycles. The third-order valence-electron chi connectivity index (χ3n) is 5.23. The minimum atomic E-state index is -0.251. The molecule has 0 aromatic heterocycles. The summed E-state index contributed by atoms with van der Waals surface area (Å²) in [5, 5.41) is 4.21. The molecule has 3 heteroatoms. The van der Waals surface area contributed by atoms with Gasteiger partial charge in [-0.05, 0) is 67.7 Å². The average molecular weight is 296 g/mol. The normalized spacial score (nSPS) is 29.9. The van der Waals surface area contributed by atoms with Crippen LogP contribution in [0.3, 0.4) is 0 Å². The average Bonchev–Trinajstić information content (AvgIpc) is 3.03. The first-order chi connectivity index (χ1) is 9.67. The fourth-order valence-electron chi connectivity index (χ4n) is 4.35. The molecule has 2 aliphatic rings. The first-order valence-electron chi connectivity index (χ1n) is 7.84. The Balaban J connectivity index is 1.74. The van der Waals surface area contributed by atoms with E-state index in [4.69, 9.17) is 11.6 Å². The molecule has 0 radical (unpaired) electrons. The van der Waals surface area contributed by atoms with Crippen LogP contribution in [0.2, 0.25) is 5.02 Å². The molecule has 1 aromatic rings. The van der Waals surface area contributed by atoms with Crippen LogP contribution in [0, 0.1) is 23.6 Å². The van der Waals surface area contributed by atoms with Crippen LogP contribution in [-0.4, -0.2) is 12.6 Å². The third kappa shape index (κ3) is 2.87. The largest absolute Gasteiger partial charge is 0.314 e. The zero-order chi connectivity index (χ0) is 14.1. The van der Waals surface area contributed by atoms with Gasteiger partial charge in [-0.3, -0.25) is 0 Å². The molecule has 2 saturated carbocycles. The Kier molecular flexibility index (Phi) is 4.32. The van der Waals surface area contributed by atoms with Crippen LogP contribution in [0.15, 0.2) is 18.2 Å². The Labute approximate surface area is 125 Å². The highest BCUT2D eigenvalue weighted by Gasteiger charge is 2.42. The fourth-order valence-corrected chi connectivity index (χ4v) is 4.59. The van der Waals surface area contributed by atoms with E-state index in [1.165, 1.54) is 37.8 Å². The molecule has 2 bridgehead atoms. The number of benzene rings is 1. The van der Waals surface area contributed by atoms with Gasteiger partial charge < -0.3 is 5.32 Å². The van der Waals surface area contributed by atoms with E-state index in [0.29, 0.717) is 11.1 Å². The molecule has 3 rings (SSSR count). The van der Waals surface area contributed by atoms with Gasteiger partial charge in [0.05, 0.1) is 0 Å². The van der Waals surface area contributed by atoms with E-state index in [1.54, 1.807) is 0 Å². The van der Waals surface area contributed by atoms with Gasteiger partial charge in [0.2, 0.25) is 0 Å². The van der Waals surface area contributed by atoms with Gasteiger partial charge in [0, 0.05) is 11.1 Å². The van der Waals surface area contributed by atoms with Gasteiger partial charge >= 0.3 is 0 Å². The standard InChI is InChI=1S/C17H23ClFN/c1-2-20-17(15-8-11-3-4-12(15)7-11)9-13-5-6-14(19)10-16(13)18/h5-6,10-12,15,17,20H,2-4,7-9H2,1H3. The Morgan fingerprint density at radius 3 is 2.80 bits per heavy atom. The molecule has 0 saturated heterocycles. The summed E-state index contributed by atoms with van der Waals surface area (Å²) in [7, 11) is 0. The molecule has 0 aliphatic heterocycles. The van der Waals surface area contributed by atoms with Crippen LogP contribution >= 0.6 is 11.6 Å². The molecule has 2 fully saturated rings. The number of fused-ring (bicyclic) bond motifs is 2. The third-order valence-corrected chi connectivity index (χ3v) is 5.58. The molecule has 20 heavy (non-hydrogen) atoms. The lowest BCUT2D eigenvalue weighted by atomic mass is 9.81. The summed E-state index contributed by atoms with van der Waals surface area (Å²) in [6, 6.07) is 5.28. The maximum Gasteiger partial charge on any atom is 0.124 e. The van der Waals surface area contributed by atoms with E-state index in [2.05, 4.69) is 12.2 Å². The predicted molar refractivity (Wildman–Crippen MR) is 81.5 cm³/mol. The van der Waals surface area contributed by atoms with Crippen molar-refractivity contribution in [3.05, 3.63) is 34.6 Å². The molecule has 1 nitrogen and oxygen atoms in total. The number of rotatable bonds is 5. The number of hydrogen-bond acceptors (Lipinski definition) is 1. The lowest BCUT2D eigenvalue weighted by molar-refractivity contribution is 0.249. The van der Waals surface area contributed by atoms with Crippen molar-refractivity contribution in [1.82, 2.24) is 5.32 Å². The Morgan fingerprint density at radius 1 is 1.35 bits per heavy atom. The van der Waals surface area contributed by atoms with E-state index in [9.17, 15) is 4.39 Å². The lowest BCUT2D eigenvalue weighted by Gasteiger charge is -2.31. The molecular weight excluding hydrogens is 273 g/mol. The van der Waals surface area contributed by atoms with E-state index in [1.807, 2.05) is 6.07 Å². The van der Waals surface area contributed by atoms with E-state index in [0.717, 1.165) is 36.3 Å². The summed E-state index contributed by atoms with van der Waals surface area (Å²) >= 11 is 6.19. The summed E-state index contributed by atoms with van der Waals surface area (Å²) < 4.78 is 13.2. The van der Waals surface area contributed by atoms with Gasteiger partial charge in [0.1, 0.15) is 5.82 Å². The van der Waals surface area contributed by atoms with Crippen LogP contribution < -0.4 is 5.32 Å². The number of halogens is 2. The smallest absolute Gasteiger partial charge is 0.124 e. The quantitative estimate of drug-likeness (QED) is 0.847. The Bertz CT molecular complexity index is 476. The van der Waals surface area contributed by atoms with Crippen LogP contribution in [0.5, 0.6) is 0 Å². The molecule has 4 unspecified atom stereocenters. The van der Waals surface area contributed by atoms with Gasteiger partial charge in [0.25, 0.3) is 0 Å². The first-order valence-corrected chi connectivity index (χ1v) is 8.22. The van der Waals surface area contributed by atoms with Gasteiger partial charge in [-0.15, -0.1) is 0 Å². The minimum Gasteiger partial charge on any atom is -0.314 e. The molecule has 4 atom stereocenters. The highest BCUT2D eigenvalue weighted by atomic mass is 35.5. The zero-order valence-corrected chi connectivity index (χ0v) is 12.8. The van der Waals surface area contributed by atoms with E-state index >= 15 is 0 Å². The number of nitrogens with one attached hydrogen (secondary N) is 1. The van der Waals surface area contributed by atoms with Gasteiger partial charge in [-0.1, -0.05) is 31.0 Å². The van der Waals surface area contributed by atoms with Crippen molar-refractivity contribution in [2.45, 2.75) is 45.1 Å². The minimum absolute atomic E-state index is 0.251. The van der Waals surface area contributed by atoms with Gasteiger partial charge in [-0.2, -0.15) is 0 Å². The number of likely N-dealkylation sites (N-methyl/N-ethyl adjacent to an activating group) is 1. The number of hydrogen-bond donors (Lipinski definition) is 1. The second-order valence-corrected chi connectivity index (χ2v) is 6.85. The van der Waals surface area contributed by atoms with Crippen LogP contribution in [-0.2, 0) is 6.42 Å². The van der Waals surface area contributed by atoms with Gasteiger partial charge in [0.15, 0.2) is 0 Å². The second-order valence-electron chi connectivity index (χ2n) is 6.44. The van der Waals surface area contributed by atoms with E-state index < -0.39 is 0 Å². The van der Waals surface area contributed by atoms with Crippen molar-refractivity contribution < 1.29 is 4.39 Å². The van der Waals surface area contributed by atoms with Crippen LogP contribution in [0.25, 0.3) is 0 Å². The molecule has 0 amide bonds. The highest BCUT2D eigenvalue weighted by molar-refractivity contribution is 6.31. The lowest BCUT2D eigenvalue weighted by Crippen LogP contribution is -2.40. The summed E-state index contributed by atoms with van der Waals surface area (Å²) in [5.41, 5.74) is 1.07. The molecular formula is C17H23ClFN. The van der Waals surface area contributed by atoms with Crippen molar-refractivity contribution in [2.75, 3.05) is 6.54 Å². The predicted octanol–water partition coefficient (Wildman–Crippen LogP) is 4.44. The van der Waals surface area contributed by atoms with E-state index in [-0.39, 0.29) is 5.82 Å². The first kappa shape index (κ1) is 14.3. The topological polar surface area (TPSA) is 12.0 Å². The van der Waals surface area contributed by atoms with Crippen LogP contribution in [0.4, 0.5) is 4.39 Å². The zero-order valence-electron chi connectivity index (χ0n) is 12.0. The molecule has 1 N–H and O–H groups in total. The Hall–Kier alpha value is -0.600. The summed E-state index contributed by atoms with van der Waals surface area (Å²) in [5.74, 6) is 2.37. The summed E-state index contributed by atoms with van der Waals surface area (Å²) in [4.78, 5) is 0. The molecule has 0 heterocycles. The summed E-state index contributed by atoms with van der Waals surface area (Å²) in [6.07, 6.45) is 6.53. The Morgan fingerprint density at radius 2 is 2.20 bits per heavy atom. The SMILES string of the molecule is CCNC(Cc1ccc(F)cc1Cl)C1CC2CCC1C2. The summed E-state index contributed by atoms with van der Waals surface area (Å²) in [6.45, 7) is 3.14. The maximum absolute atomic E-state index is 13.2. The van der Waals surface area contributed by atoms with Crippen molar-refractivity contribution >= 4 is 11.6 Å². The van der Waals surface area contributed by atoms with Gasteiger partial charge in [-0.25, -0.2) is 4.39 Å². The van der Waals surface area contributed by atoms with Crippen molar-refractivity contribution in [1.29, 1.82) is 0 Å². The fraction of sp³-hybridized carbons (Fsp3) is 0.647. The van der Waals surface area contributed by atoms with Crippen molar-refractivity contribution in [2.24, 2.45) is 17.8 Å².